The summed E-state index contributed by atoms with van der Waals surface area (Å²) in [5.41, 5.74) is 0. The van der Waals surface area contributed by atoms with E-state index in [0.29, 0.717) is 0 Å². The largest absolute Gasteiger partial charge is 1.00 e. The summed E-state index contributed by atoms with van der Waals surface area (Å²) in [6.07, 6.45) is 9.60. The van der Waals surface area contributed by atoms with Gasteiger partial charge < -0.3 is 16.9 Å². The molecule has 0 amide bonds. The number of rotatable bonds is 11. The molecule has 0 aromatic heterocycles. The molecule has 0 aliphatic rings. The Morgan fingerprint density at radius 1 is 0.765 bits per heavy atom. The number of alkyl halides is 1. The minimum Gasteiger partial charge on any atom is -1.00 e. The van der Waals surface area contributed by atoms with Crippen LogP contribution >= 0.6 is 15.9 Å². The molecule has 1 nitrogen and oxygen atoms in total. The zero-order valence-corrected chi connectivity index (χ0v) is 14.3. The van der Waals surface area contributed by atoms with E-state index in [2.05, 4.69) is 36.8 Å². The zero-order valence-electron chi connectivity index (χ0n) is 12.0. The van der Waals surface area contributed by atoms with Crippen molar-refractivity contribution in [3.63, 3.8) is 0 Å². The summed E-state index contributed by atoms with van der Waals surface area (Å²) < 4.78 is 1.30. The molecule has 0 aromatic carbocycles. The zero-order chi connectivity index (χ0) is 12.3. The Labute approximate surface area is 123 Å². The molecule has 17 heavy (non-hydrogen) atoms. The third-order valence-electron chi connectivity index (χ3n) is 3.43. The molecule has 0 spiro atoms. The highest BCUT2D eigenvalue weighted by Gasteiger charge is 2.19. The van der Waals surface area contributed by atoms with Crippen LogP contribution in [-0.4, -0.2) is 36.5 Å². The van der Waals surface area contributed by atoms with Gasteiger partial charge in [-0.15, -0.1) is 0 Å². The number of nitrogens with zero attached hydrogens (tertiary/aromatic N) is 1. The van der Waals surface area contributed by atoms with Crippen molar-refractivity contribution in [1.29, 1.82) is 0 Å². The van der Waals surface area contributed by atoms with E-state index < -0.39 is 0 Å². The van der Waals surface area contributed by atoms with Crippen molar-refractivity contribution in [2.24, 2.45) is 0 Å². The summed E-state index contributed by atoms with van der Waals surface area (Å²) in [6, 6.07) is 0. The van der Waals surface area contributed by atoms with Crippen molar-refractivity contribution in [3.05, 3.63) is 0 Å². The second-order valence-electron chi connectivity index (χ2n) is 5.25. The van der Waals surface area contributed by atoms with Crippen molar-refractivity contribution in [3.8, 4) is 0 Å². The van der Waals surface area contributed by atoms with Crippen LogP contribution in [0.3, 0.4) is 0 Å². The van der Waals surface area contributed by atoms with E-state index in [4.69, 9.17) is 0 Å². The summed E-state index contributed by atoms with van der Waals surface area (Å²) in [7, 11) is 2.45. The van der Waals surface area contributed by atoms with Gasteiger partial charge >= 0.3 is 0 Å². The quantitative estimate of drug-likeness (QED) is 0.307. The highest BCUT2D eigenvalue weighted by molar-refractivity contribution is 9.09. The molecule has 0 fully saturated rings. The Hall–Kier alpha value is 0.730. The summed E-state index contributed by atoms with van der Waals surface area (Å²) >= 11 is 3.56. The smallest absolute Gasteiger partial charge is 0.0792 e. The fourth-order valence-corrected chi connectivity index (χ4v) is 2.51. The van der Waals surface area contributed by atoms with Crippen molar-refractivity contribution >= 4 is 15.9 Å². The van der Waals surface area contributed by atoms with Gasteiger partial charge in [0.15, 0.2) is 0 Å². The molecule has 0 unspecified atom stereocenters. The summed E-state index contributed by atoms with van der Waals surface area (Å²) in [6.45, 7) is 8.69. The second kappa shape index (κ2) is 13.2. The van der Waals surface area contributed by atoms with Gasteiger partial charge in [-0.25, -0.2) is 0 Å². The van der Waals surface area contributed by atoms with Gasteiger partial charge in [0.25, 0.3) is 0 Å². The number of hydrogen-bond acceptors (Lipinski definition) is 0. The average molecular weight is 329 g/mol. The molecule has 0 atom stereocenters. The highest BCUT2D eigenvalue weighted by Crippen LogP contribution is 2.12. The second-order valence-corrected chi connectivity index (χ2v) is 6.04. The maximum atomic E-state index is 3.56. The van der Waals surface area contributed by atoms with Gasteiger partial charge in [-0.3, -0.25) is 0 Å². The van der Waals surface area contributed by atoms with E-state index in [9.17, 15) is 0 Å². The van der Waals surface area contributed by atoms with Crippen LogP contribution in [0.1, 0.15) is 58.8 Å². The SMILES string of the molecule is CCCCC[N+](C)(CCCBr)CCCCC.[Cl-]. The predicted molar refractivity (Wildman–Crippen MR) is 78.2 cm³/mol. The maximum Gasteiger partial charge on any atom is 0.0792 e. The lowest BCUT2D eigenvalue weighted by atomic mass is 10.1. The normalized spacial score (nSPS) is 11.3. The van der Waals surface area contributed by atoms with Gasteiger partial charge in [-0.1, -0.05) is 42.6 Å². The van der Waals surface area contributed by atoms with Gasteiger partial charge in [-0.2, -0.15) is 0 Å². The fraction of sp³-hybridized carbons (Fsp3) is 1.00. The van der Waals surface area contributed by atoms with Crippen molar-refractivity contribution < 1.29 is 16.9 Å². The van der Waals surface area contributed by atoms with Crippen molar-refractivity contribution in [2.45, 2.75) is 58.8 Å². The summed E-state index contributed by atoms with van der Waals surface area (Å²) in [5.74, 6) is 0. The van der Waals surface area contributed by atoms with Crippen LogP contribution in [0.2, 0.25) is 0 Å². The molecular weight excluding hydrogens is 298 g/mol. The number of unbranched alkanes of at least 4 members (excludes halogenated alkanes) is 4. The molecule has 3 heteroatoms. The molecular formula is C14H31BrClN. The Kier molecular flexibility index (Phi) is 15.5. The van der Waals surface area contributed by atoms with E-state index in [1.807, 2.05) is 0 Å². The lowest BCUT2D eigenvalue weighted by Gasteiger charge is -2.35. The number of quaternary nitrogens is 1. The molecule has 0 rings (SSSR count). The average Bonchev–Trinajstić information content (AvgIpc) is 2.27. The molecule has 106 valence electrons. The minimum atomic E-state index is 0. The van der Waals surface area contributed by atoms with E-state index in [-0.39, 0.29) is 12.4 Å². The van der Waals surface area contributed by atoms with E-state index >= 15 is 0 Å². The monoisotopic (exact) mass is 327 g/mol. The first-order valence-corrected chi connectivity index (χ1v) is 8.20. The third kappa shape index (κ3) is 11.5. The number of halogens is 2. The first-order valence-electron chi connectivity index (χ1n) is 7.08. The summed E-state index contributed by atoms with van der Waals surface area (Å²) in [4.78, 5) is 0. The molecule has 0 bridgehead atoms. The van der Waals surface area contributed by atoms with Crippen molar-refractivity contribution in [1.82, 2.24) is 0 Å². The Morgan fingerprint density at radius 2 is 1.18 bits per heavy atom. The Balaban J connectivity index is 0. The molecule has 0 radical (unpaired) electrons. The first-order chi connectivity index (χ1) is 7.68. The molecule has 0 aliphatic carbocycles. The van der Waals surface area contributed by atoms with Crippen LogP contribution in [0.15, 0.2) is 0 Å². The van der Waals surface area contributed by atoms with Crippen LogP contribution < -0.4 is 12.4 Å². The van der Waals surface area contributed by atoms with Crippen LogP contribution in [0.25, 0.3) is 0 Å². The lowest BCUT2D eigenvalue weighted by molar-refractivity contribution is -0.910. The fourth-order valence-electron chi connectivity index (χ4n) is 2.26. The van der Waals surface area contributed by atoms with Crippen LogP contribution in [0.4, 0.5) is 0 Å². The highest BCUT2D eigenvalue weighted by atomic mass is 79.9. The van der Waals surface area contributed by atoms with Crippen LogP contribution in [0.5, 0.6) is 0 Å². The molecule has 0 heterocycles. The van der Waals surface area contributed by atoms with Crippen LogP contribution in [-0.2, 0) is 0 Å². The van der Waals surface area contributed by atoms with E-state index in [1.54, 1.807) is 0 Å². The van der Waals surface area contributed by atoms with Gasteiger partial charge in [0.2, 0.25) is 0 Å². The Morgan fingerprint density at radius 3 is 1.53 bits per heavy atom. The van der Waals surface area contributed by atoms with E-state index in [0.717, 1.165) is 5.33 Å². The van der Waals surface area contributed by atoms with Gasteiger partial charge in [0, 0.05) is 11.8 Å². The van der Waals surface area contributed by atoms with Gasteiger partial charge in [0.05, 0.1) is 26.7 Å². The van der Waals surface area contributed by atoms with E-state index in [1.165, 1.54) is 69.1 Å². The minimum absolute atomic E-state index is 0. The van der Waals surface area contributed by atoms with Crippen LogP contribution in [0, 0.1) is 0 Å². The third-order valence-corrected chi connectivity index (χ3v) is 4.00. The molecule has 0 aromatic rings. The molecule has 0 N–H and O–H groups in total. The molecule has 0 saturated carbocycles. The molecule has 0 aliphatic heterocycles. The maximum absolute atomic E-state index is 3.56. The van der Waals surface area contributed by atoms with Gasteiger partial charge in [-0.05, 0) is 25.7 Å². The number of hydrogen-bond donors (Lipinski definition) is 0. The molecule has 0 saturated heterocycles. The van der Waals surface area contributed by atoms with Gasteiger partial charge in [0.1, 0.15) is 0 Å². The predicted octanol–water partition coefficient (Wildman–Crippen LogP) is 1.60. The summed E-state index contributed by atoms with van der Waals surface area (Å²) in [5, 5.41) is 1.16. The standard InChI is InChI=1S/C14H31BrN.ClH/c1-4-6-8-12-16(3,14-10-11-15)13-9-7-5-2;/h4-14H2,1-3H3;1H/q+1;/p-1. The van der Waals surface area contributed by atoms with Crippen molar-refractivity contribution in [2.75, 3.05) is 32.0 Å². The lowest BCUT2D eigenvalue weighted by Crippen LogP contribution is -3.00. The first kappa shape index (κ1) is 20.1. The topological polar surface area (TPSA) is 0 Å². The Bertz CT molecular complexity index is 143.